The fourth-order valence-electron chi connectivity index (χ4n) is 3.13. The molecule has 1 aliphatic rings. The Morgan fingerprint density at radius 1 is 1.30 bits per heavy atom. The van der Waals surface area contributed by atoms with E-state index in [2.05, 4.69) is 39.5 Å². The van der Waals surface area contributed by atoms with Gasteiger partial charge in [0.15, 0.2) is 5.13 Å². The summed E-state index contributed by atoms with van der Waals surface area (Å²) in [5.74, 6) is 1.29. The third-order valence-corrected chi connectivity index (χ3v) is 5.45. The normalized spacial score (nSPS) is 14.4. The number of rotatable bonds is 5. The Bertz CT molecular complexity index is 959. The quantitative estimate of drug-likeness (QED) is 0.673. The van der Waals surface area contributed by atoms with Gasteiger partial charge >= 0.3 is 0 Å². The van der Waals surface area contributed by atoms with Crippen LogP contribution in [0.5, 0.6) is 0 Å². The van der Waals surface area contributed by atoms with Gasteiger partial charge in [-0.1, -0.05) is 30.3 Å². The van der Waals surface area contributed by atoms with E-state index in [-0.39, 0.29) is 5.91 Å². The maximum atomic E-state index is 12.1. The molecular weight excluding hydrogens is 358 g/mol. The Kier molecular flexibility index (Phi) is 5.18. The van der Waals surface area contributed by atoms with Crippen LogP contribution < -0.4 is 5.32 Å². The SMILES string of the molecule is Cc1ccc(/C=C/C(=O)Nc2nc3c(s2)CN(Cc2ccccc2)CC3)o1. The largest absolute Gasteiger partial charge is 0.462 e. The molecule has 0 unspecified atom stereocenters. The molecule has 3 heterocycles. The lowest BCUT2D eigenvalue weighted by Gasteiger charge is -2.25. The second-order valence-electron chi connectivity index (χ2n) is 6.61. The summed E-state index contributed by atoms with van der Waals surface area (Å²) in [4.78, 5) is 20.4. The lowest BCUT2D eigenvalue weighted by atomic mass is 10.1. The first-order valence-electron chi connectivity index (χ1n) is 8.96. The molecule has 0 bridgehead atoms. The Morgan fingerprint density at radius 3 is 2.93 bits per heavy atom. The molecule has 1 amide bonds. The van der Waals surface area contributed by atoms with Gasteiger partial charge in [0.1, 0.15) is 11.5 Å². The first-order valence-corrected chi connectivity index (χ1v) is 9.78. The summed E-state index contributed by atoms with van der Waals surface area (Å²) >= 11 is 1.56. The Balaban J connectivity index is 1.36. The number of aryl methyl sites for hydroxylation is 1. The summed E-state index contributed by atoms with van der Waals surface area (Å²) in [7, 11) is 0. The van der Waals surface area contributed by atoms with E-state index in [1.807, 2.05) is 25.1 Å². The number of furan rings is 1. The number of hydrogen-bond acceptors (Lipinski definition) is 5. The zero-order chi connectivity index (χ0) is 18.6. The zero-order valence-corrected chi connectivity index (χ0v) is 16.0. The van der Waals surface area contributed by atoms with E-state index in [1.54, 1.807) is 17.4 Å². The maximum absolute atomic E-state index is 12.1. The molecule has 0 saturated carbocycles. The minimum atomic E-state index is -0.198. The van der Waals surface area contributed by atoms with Crippen LogP contribution in [0.2, 0.25) is 0 Å². The average Bonchev–Trinajstić information content (AvgIpc) is 3.26. The van der Waals surface area contributed by atoms with Crippen LogP contribution >= 0.6 is 11.3 Å². The molecule has 3 aromatic rings. The van der Waals surface area contributed by atoms with Crippen LogP contribution in [0.25, 0.3) is 6.08 Å². The summed E-state index contributed by atoms with van der Waals surface area (Å²) in [6.07, 6.45) is 4.05. The Labute approximate surface area is 162 Å². The van der Waals surface area contributed by atoms with Crippen molar-refractivity contribution in [2.24, 2.45) is 0 Å². The van der Waals surface area contributed by atoms with Crippen molar-refractivity contribution in [3.8, 4) is 0 Å². The van der Waals surface area contributed by atoms with Crippen LogP contribution in [0, 0.1) is 6.92 Å². The highest BCUT2D eigenvalue weighted by Crippen LogP contribution is 2.29. The number of nitrogens with zero attached hydrogens (tertiary/aromatic N) is 2. The van der Waals surface area contributed by atoms with Gasteiger partial charge in [0, 0.05) is 37.0 Å². The summed E-state index contributed by atoms with van der Waals surface area (Å²) in [5, 5.41) is 3.52. The number of nitrogens with one attached hydrogen (secondary N) is 1. The molecule has 27 heavy (non-hydrogen) atoms. The molecule has 0 saturated heterocycles. The van der Waals surface area contributed by atoms with Crippen molar-refractivity contribution < 1.29 is 9.21 Å². The van der Waals surface area contributed by atoms with Crippen LogP contribution in [0.4, 0.5) is 5.13 Å². The Morgan fingerprint density at radius 2 is 2.15 bits per heavy atom. The molecule has 1 N–H and O–H groups in total. The van der Waals surface area contributed by atoms with Crippen LogP contribution in [0.15, 0.2) is 53.0 Å². The number of amides is 1. The van der Waals surface area contributed by atoms with Crippen molar-refractivity contribution >= 4 is 28.5 Å². The zero-order valence-electron chi connectivity index (χ0n) is 15.1. The van der Waals surface area contributed by atoms with E-state index < -0.39 is 0 Å². The minimum absolute atomic E-state index is 0.198. The van der Waals surface area contributed by atoms with Crippen molar-refractivity contribution in [3.05, 3.63) is 76.2 Å². The van der Waals surface area contributed by atoms with Gasteiger partial charge < -0.3 is 4.42 Å². The number of hydrogen-bond donors (Lipinski definition) is 1. The van der Waals surface area contributed by atoms with Gasteiger partial charge in [-0.2, -0.15) is 0 Å². The molecule has 0 spiro atoms. The predicted molar refractivity (Wildman–Crippen MR) is 107 cm³/mol. The number of fused-ring (bicyclic) bond motifs is 1. The molecule has 2 aromatic heterocycles. The third-order valence-electron chi connectivity index (χ3n) is 4.45. The average molecular weight is 379 g/mol. The van der Waals surface area contributed by atoms with Gasteiger partial charge in [0.2, 0.25) is 5.91 Å². The van der Waals surface area contributed by atoms with E-state index in [1.165, 1.54) is 16.5 Å². The number of anilines is 1. The number of thiazole rings is 1. The summed E-state index contributed by atoms with van der Waals surface area (Å²) in [6.45, 7) is 4.67. The molecule has 138 valence electrons. The molecule has 4 rings (SSSR count). The van der Waals surface area contributed by atoms with Crippen molar-refractivity contribution in [1.82, 2.24) is 9.88 Å². The van der Waals surface area contributed by atoms with Crippen LogP contribution in [-0.4, -0.2) is 22.3 Å². The lowest BCUT2D eigenvalue weighted by Crippen LogP contribution is -2.29. The summed E-state index contributed by atoms with van der Waals surface area (Å²) < 4.78 is 5.43. The highest BCUT2D eigenvalue weighted by atomic mass is 32.1. The second kappa shape index (κ2) is 7.90. The standard InChI is InChI=1S/C21H21N3O2S/c1-15-7-8-17(26-15)9-10-20(25)23-21-22-18-11-12-24(14-19(18)27-21)13-16-5-3-2-4-6-16/h2-10H,11-14H2,1H3,(H,22,23,25)/b10-9+. The molecule has 6 heteroatoms. The third kappa shape index (κ3) is 4.53. The fourth-order valence-corrected chi connectivity index (χ4v) is 4.18. The number of aromatic nitrogens is 1. The molecule has 0 atom stereocenters. The van der Waals surface area contributed by atoms with E-state index in [0.29, 0.717) is 10.9 Å². The maximum Gasteiger partial charge on any atom is 0.250 e. The molecular formula is C21H21N3O2S. The molecule has 0 aliphatic carbocycles. The van der Waals surface area contributed by atoms with Gasteiger partial charge in [-0.05, 0) is 30.7 Å². The second-order valence-corrected chi connectivity index (χ2v) is 7.69. The lowest BCUT2D eigenvalue weighted by molar-refractivity contribution is -0.111. The highest BCUT2D eigenvalue weighted by Gasteiger charge is 2.21. The van der Waals surface area contributed by atoms with Crippen molar-refractivity contribution in [2.45, 2.75) is 26.4 Å². The van der Waals surface area contributed by atoms with Gasteiger partial charge in [-0.3, -0.25) is 15.0 Å². The van der Waals surface area contributed by atoms with E-state index in [4.69, 9.17) is 4.42 Å². The summed E-state index contributed by atoms with van der Waals surface area (Å²) in [6, 6.07) is 14.2. The molecule has 1 aromatic carbocycles. The first-order chi connectivity index (χ1) is 13.2. The summed E-state index contributed by atoms with van der Waals surface area (Å²) in [5.41, 5.74) is 2.42. The van der Waals surface area contributed by atoms with E-state index >= 15 is 0 Å². The predicted octanol–water partition coefficient (Wildman–Crippen LogP) is 4.25. The van der Waals surface area contributed by atoms with E-state index in [9.17, 15) is 4.79 Å². The van der Waals surface area contributed by atoms with Crippen molar-refractivity contribution in [3.63, 3.8) is 0 Å². The molecule has 0 fully saturated rings. The fraction of sp³-hybridized carbons (Fsp3) is 0.238. The monoisotopic (exact) mass is 379 g/mol. The molecule has 1 aliphatic heterocycles. The smallest absolute Gasteiger partial charge is 0.250 e. The topological polar surface area (TPSA) is 58.4 Å². The van der Waals surface area contributed by atoms with Gasteiger partial charge in [-0.25, -0.2) is 4.98 Å². The van der Waals surface area contributed by atoms with Gasteiger partial charge in [-0.15, -0.1) is 11.3 Å². The van der Waals surface area contributed by atoms with Gasteiger partial charge in [0.05, 0.1) is 5.69 Å². The number of carbonyl (C=O) groups excluding carboxylic acids is 1. The van der Waals surface area contributed by atoms with Crippen molar-refractivity contribution in [2.75, 3.05) is 11.9 Å². The highest BCUT2D eigenvalue weighted by molar-refractivity contribution is 7.15. The minimum Gasteiger partial charge on any atom is -0.462 e. The molecule has 0 radical (unpaired) electrons. The van der Waals surface area contributed by atoms with Gasteiger partial charge in [0.25, 0.3) is 0 Å². The Hall–Kier alpha value is -2.70. The number of benzene rings is 1. The number of carbonyl (C=O) groups is 1. The molecule has 5 nitrogen and oxygen atoms in total. The van der Waals surface area contributed by atoms with Crippen LogP contribution in [0.3, 0.4) is 0 Å². The van der Waals surface area contributed by atoms with Crippen LogP contribution in [0.1, 0.15) is 27.7 Å². The van der Waals surface area contributed by atoms with Crippen LogP contribution in [-0.2, 0) is 24.3 Å². The first kappa shape index (κ1) is 17.7. The van der Waals surface area contributed by atoms with E-state index in [0.717, 1.165) is 37.5 Å². The van der Waals surface area contributed by atoms with Crippen molar-refractivity contribution in [1.29, 1.82) is 0 Å².